The molecule has 4 aromatic rings. The van der Waals surface area contributed by atoms with E-state index < -0.39 is 11.8 Å². The maximum absolute atomic E-state index is 15.3. The molecule has 11 heteroatoms. The van der Waals surface area contributed by atoms with E-state index in [9.17, 15) is 9.18 Å². The molecule has 1 saturated carbocycles. The van der Waals surface area contributed by atoms with Crippen molar-refractivity contribution >= 4 is 22.9 Å². The Balaban J connectivity index is 1.27. The Labute approximate surface area is 214 Å². The Morgan fingerprint density at radius 3 is 2.78 bits per heavy atom. The first-order chi connectivity index (χ1) is 17.9. The molecule has 8 nitrogen and oxygen atoms in total. The van der Waals surface area contributed by atoms with Crippen LogP contribution in [0.15, 0.2) is 58.7 Å². The van der Waals surface area contributed by atoms with Gasteiger partial charge in [0.05, 0.1) is 16.8 Å². The Morgan fingerprint density at radius 1 is 1.14 bits per heavy atom. The lowest BCUT2D eigenvalue weighted by Crippen LogP contribution is -2.29. The van der Waals surface area contributed by atoms with E-state index in [2.05, 4.69) is 25.5 Å². The van der Waals surface area contributed by atoms with Crippen molar-refractivity contribution in [3.63, 3.8) is 0 Å². The standard InChI is InChI=1S/C26H18ClF2N7O/c1-12-2-3-15(26(29)32-12)14-6-19(30-10-14)25-17-9-16(17)21-7-13(8-22(37)36(21)25)23-20(35-11-31-33-34-35)5-4-18(27)24(23)28/h2-5,7-8,10-11,16-17,25H,6,9H2,1H3. The number of pyridine rings is 2. The molecule has 3 atom stereocenters. The molecular formula is C26H18ClF2N7O. The van der Waals surface area contributed by atoms with Crippen LogP contribution in [0.3, 0.4) is 0 Å². The van der Waals surface area contributed by atoms with E-state index in [-0.39, 0.29) is 34.0 Å². The maximum atomic E-state index is 15.3. The summed E-state index contributed by atoms with van der Waals surface area (Å²) < 4.78 is 32.9. The number of aliphatic imine (C=N–C) groups is 1. The van der Waals surface area contributed by atoms with Crippen molar-refractivity contribution in [1.29, 1.82) is 0 Å². The van der Waals surface area contributed by atoms with Crippen LogP contribution in [0.2, 0.25) is 5.02 Å². The molecule has 0 saturated heterocycles. The van der Waals surface area contributed by atoms with Crippen LogP contribution in [-0.4, -0.2) is 35.5 Å². The molecule has 0 N–H and O–H groups in total. The molecule has 0 amide bonds. The summed E-state index contributed by atoms with van der Waals surface area (Å²) in [5.41, 5.74) is 4.10. The van der Waals surface area contributed by atoms with E-state index in [0.717, 1.165) is 23.4 Å². The summed E-state index contributed by atoms with van der Waals surface area (Å²) in [6.45, 7) is 1.74. The quantitative estimate of drug-likeness (QED) is 0.367. The topological polar surface area (TPSA) is 90.9 Å². The predicted molar refractivity (Wildman–Crippen MR) is 133 cm³/mol. The van der Waals surface area contributed by atoms with Crippen LogP contribution < -0.4 is 5.56 Å². The molecule has 3 aliphatic rings. The largest absolute Gasteiger partial charge is 0.303 e. The minimum atomic E-state index is -0.649. The first kappa shape index (κ1) is 22.2. The van der Waals surface area contributed by atoms with Gasteiger partial charge in [-0.15, -0.1) is 5.10 Å². The number of hydrogen-bond acceptors (Lipinski definition) is 6. The fourth-order valence-corrected chi connectivity index (χ4v) is 5.81. The highest BCUT2D eigenvalue weighted by molar-refractivity contribution is 6.31. The molecule has 0 spiro atoms. The second-order valence-corrected chi connectivity index (χ2v) is 9.99. The molecule has 0 radical (unpaired) electrons. The zero-order valence-corrected chi connectivity index (χ0v) is 20.2. The third-order valence-electron chi connectivity index (χ3n) is 7.39. The van der Waals surface area contributed by atoms with Crippen molar-refractivity contribution in [2.75, 3.05) is 0 Å². The lowest BCUT2D eigenvalue weighted by atomic mass is 9.98. The summed E-state index contributed by atoms with van der Waals surface area (Å²) in [4.78, 5) is 22.0. The number of allylic oxidation sites excluding steroid dienone is 1. The number of aryl methyl sites for hydroxylation is 1. The SMILES string of the molecule is Cc1ccc(C2=CN=C(C3C4CC4c4cc(-c5c(-n6cnnn6)ccc(Cl)c5F)cc(=O)n43)C2)c(F)n1. The summed E-state index contributed by atoms with van der Waals surface area (Å²) in [5, 5.41) is 11.1. The van der Waals surface area contributed by atoms with Crippen LogP contribution in [0.4, 0.5) is 8.78 Å². The van der Waals surface area contributed by atoms with Crippen molar-refractivity contribution in [3.8, 4) is 16.8 Å². The van der Waals surface area contributed by atoms with Gasteiger partial charge in [0.1, 0.15) is 6.33 Å². The molecule has 184 valence electrons. The highest BCUT2D eigenvalue weighted by Gasteiger charge is 2.54. The van der Waals surface area contributed by atoms with E-state index in [1.54, 1.807) is 35.9 Å². The Kier molecular flexibility index (Phi) is 4.78. The van der Waals surface area contributed by atoms with E-state index in [0.29, 0.717) is 28.9 Å². The zero-order valence-electron chi connectivity index (χ0n) is 19.4. The number of fused-ring (bicyclic) bond motifs is 3. The van der Waals surface area contributed by atoms with Crippen LogP contribution in [0.5, 0.6) is 0 Å². The molecule has 1 fully saturated rings. The van der Waals surface area contributed by atoms with E-state index >= 15 is 4.39 Å². The van der Waals surface area contributed by atoms with Crippen LogP contribution in [0.25, 0.3) is 22.4 Å². The average molecular weight is 518 g/mol. The first-order valence-corrected chi connectivity index (χ1v) is 12.2. The Bertz CT molecular complexity index is 1730. The van der Waals surface area contributed by atoms with Crippen molar-refractivity contribution in [2.24, 2.45) is 10.9 Å². The molecule has 3 unspecified atom stereocenters. The molecule has 7 rings (SSSR count). The number of nitrogens with zero attached hydrogens (tertiary/aromatic N) is 7. The van der Waals surface area contributed by atoms with Gasteiger partial charge in [-0.3, -0.25) is 9.79 Å². The van der Waals surface area contributed by atoms with Crippen LogP contribution in [0, 0.1) is 24.6 Å². The fourth-order valence-electron chi connectivity index (χ4n) is 5.65. The van der Waals surface area contributed by atoms with Crippen molar-refractivity contribution in [2.45, 2.75) is 31.7 Å². The second kappa shape index (κ2) is 7.97. The van der Waals surface area contributed by atoms with Gasteiger partial charge in [-0.2, -0.15) is 9.07 Å². The number of benzene rings is 1. The molecule has 0 bridgehead atoms. The molecule has 1 aromatic carbocycles. The van der Waals surface area contributed by atoms with E-state index in [1.165, 1.54) is 23.1 Å². The third-order valence-corrected chi connectivity index (χ3v) is 7.68. The highest BCUT2D eigenvalue weighted by Crippen LogP contribution is 2.60. The molecule has 1 aliphatic carbocycles. The minimum absolute atomic E-state index is 0.0636. The summed E-state index contributed by atoms with van der Waals surface area (Å²) in [7, 11) is 0. The number of aromatic nitrogens is 6. The number of rotatable bonds is 4. The van der Waals surface area contributed by atoms with E-state index in [1.807, 2.05) is 6.07 Å². The molecule has 5 heterocycles. The van der Waals surface area contributed by atoms with Crippen molar-refractivity contribution in [3.05, 3.63) is 93.0 Å². The minimum Gasteiger partial charge on any atom is -0.303 e. The first-order valence-electron chi connectivity index (χ1n) is 11.8. The number of tetrazole rings is 1. The average Bonchev–Trinajstić information content (AvgIpc) is 3.21. The van der Waals surface area contributed by atoms with Gasteiger partial charge in [0.15, 0.2) is 5.82 Å². The molecule has 37 heavy (non-hydrogen) atoms. The van der Waals surface area contributed by atoms with Crippen LogP contribution >= 0.6 is 11.6 Å². The summed E-state index contributed by atoms with van der Waals surface area (Å²) in [5.74, 6) is -0.786. The Hall–Kier alpha value is -4.05. The van der Waals surface area contributed by atoms with Gasteiger partial charge in [-0.25, -0.2) is 9.37 Å². The zero-order chi connectivity index (χ0) is 25.4. The van der Waals surface area contributed by atoms with Crippen LogP contribution in [-0.2, 0) is 0 Å². The third kappa shape index (κ3) is 3.39. The molecule has 2 aliphatic heterocycles. The van der Waals surface area contributed by atoms with Gasteiger partial charge in [-0.1, -0.05) is 11.6 Å². The lowest BCUT2D eigenvalue weighted by molar-refractivity contribution is 0.574. The van der Waals surface area contributed by atoms with Gasteiger partial charge in [0.25, 0.3) is 5.56 Å². The monoisotopic (exact) mass is 517 g/mol. The predicted octanol–water partition coefficient (Wildman–Crippen LogP) is 4.67. The smallest absolute Gasteiger partial charge is 0.251 e. The summed E-state index contributed by atoms with van der Waals surface area (Å²) >= 11 is 6.11. The van der Waals surface area contributed by atoms with Gasteiger partial charge in [0, 0.05) is 52.8 Å². The second-order valence-electron chi connectivity index (χ2n) is 9.58. The van der Waals surface area contributed by atoms with E-state index in [4.69, 9.17) is 11.6 Å². The molecule has 3 aromatic heterocycles. The Morgan fingerprint density at radius 2 is 2.00 bits per heavy atom. The normalized spacial score (nSPS) is 21.5. The fraction of sp³-hybridized carbons (Fsp3) is 0.231. The van der Waals surface area contributed by atoms with Gasteiger partial charge in [0.2, 0.25) is 5.95 Å². The van der Waals surface area contributed by atoms with Gasteiger partial charge in [-0.05, 0) is 71.2 Å². The van der Waals surface area contributed by atoms with Crippen molar-refractivity contribution in [1.82, 2.24) is 29.8 Å². The van der Waals surface area contributed by atoms with Crippen molar-refractivity contribution < 1.29 is 8.78 Å². The maximum Gasteiger partial charge on any atom is 0.251 e. The van der Waals surface area contributed by atoms with Crippen LogP contribution in [0.1, 0.15) is 41.8 Å². The summed E-state index contributed by atoms with van der Waals surface area (Å²) in [6.07, 6.45) is 4.36. The van der Waals surface area contributed by atoms with Gasteiger partial charge >= 0.3 is 0 Å². The van der Waals surface area contributed by atoms with Gasteiger partial charge < -0.3 is 4.57 Å². The highest BCUT2D eigenvalue weighted by atomic mass is 35.5. The molecular weight excluding hydrogens is 500 g/mol. The number of halogens is 3. The summed E-state index contributed by atoms with van der Waals surface area (Å²) in [6, 6.07) is 9.57. The lowest BCUT2D eigenvalue weighted by Gasteiger charge is -2.20. The number of hydrogen-bond donors (Lipinski definition) is 0.